The minimum absolute atomic E-state index is 0.216. The minimum atomic E-state index is -0.648. The molecule has 16 heavy (non-hydrogen) atoms. The number of carbonyl (C=O) groups excluding carboxylic acids is 1. The smallest absolute Gasteiger partial charge is 0.435 e. The molecule has 0 aromatic carbocycles. The highest BCUT2D eigenvalue weighted by atomic mass is 16.7. The van der Waals surface area contributed by atoms with Crippen molar-refractivity contribution in [1.29, 1.82) is 0 Å². The number of hydrogen-bond donors (Lipinski definition) is 0. The van der Waals surface area contributed by atoms with E-state index < -0.39 is 6.16 Å². The van der Waals surface area contributed by atoms with Gasteiger partial charge in [0.15, 0.2) is 0 Å². The fourth-order valence-corrected chi connectivity index (χ4v) is 0.912. The molecule has 0 aromatic heterocycles. The van der Waals surface area contributed by atoms with E-state index in [-0.39, 0.29) is 6.61 Å². The average molecular weight is 234 g/mol. The molecule has 0 fully saturated rings. The van der Waals surface area contributed by atoms with E-state index in [1.807, 2.05) is 0 Å². The van der Waals surface area contributed by atoms with Gasteiger partial charge in [-0.1, -0.05) is 13.3 Å². The summed E-state index contributed by atoms with van der Waals surface area (Å²) in [5, 5.41) is 0. The normalized spacial score (nSPS) is 10.1. The fourth-order valence-electron chi connectivity index (χ4n) is 0.912. The van der Waals surface area contributed by atoms with Crippen molar-refractivity contribution in [2.45, 2.75) is 26.7 Å². The molecule has 0 spiro atoms. The molecule has 96 valence electrons. The molecule has 0 radical (unpaired) electrons. The van der Waals surface area contributed by atoms with Gasteiger partial charge in [0.1, 0.15) is 6.61 Å². The van der Waals surface area contributed by atoms with Gasteiger partial charge in [-0.25, -0.2) is 4.79 Å². The Balaban J connectivity index is 3.01. The Hall–Kier alpha value is -0.810. The van der Waals surface area contributed by atoms with E-state index in [4.69, 9.17) is 14.2 Å². The largest absolute Gasteiger partial charge is 0.508 e. The average Bonchev–Trinajstić information content (AvgIpc) is 2.27. The zero-order valence-corrected chi connectivity index (χ0v) is 10.2. The molecule has 0 aliphatic rings. The summed E-state index contributed by atoms with van der Waals surface area (Å²) < 4.78 is 19.7. The minimum Gasteiger partial charge on any atom is -0.435 e. The maximum atomic E-state index is 10.7. The molecular weight excluding hydrogens is 212 g/mol. The van der Waals surface area contributed by atoms with Crippen LogP contribution in [0.4, 0.5) is 4.79 Å². The van der Waals surface area contributed by atoms with Gasteiger partial charge in [-0.2, -0.15) is 0 Å². The van der Waals surface area contributed by atoms with Crippen molar-refractivity contribution in [2.75, 3.05) is 39.6 Å². The monoisotopic (exact) mass is 234 g/mol. The van der Waals surface area contributed by atoms with Crippen LogP contribution in [0.1, 0.15) is 26.7 Å². The lowest BCUT2D eigenvalue weighted by atomic mass is 10.4. The summed E-state index contributed by atoms with van der Waals surface area (Å²) in [7, 11) is 0. The van der Waals surface area contributed by atoms with E-state index in [9.17, 15) is 4.79 Å². The SMILES string of the molecule is CCCCOCCOCCOC(=O)OCC. The molecule has 0 heterocycles. The molecule has 0 N–H and O–H groups in total. The third kappa shape index (κ3) is 11.3. The van der Waals surface area contributed by atoms with E-state index in [1.165, 1.54) is 0 Å². The quantitative estimate of drug-likeness (QED) is 0.427. The molecule has 0 atom stereocenters. The van der Waals surface area contributed by atoms with E-state index in [2.05, 4.69) is 11.7 Å². The molecule has 5 nitrogen and oxygen atoms in total. The molecule has 5 heteroatoms. The van der Waals surface area contributed by atoms with Crippen molar-refractivity contribution in [3.63, 3.8) is 0 Å². The lowest BCUT2D eigenvalue weighted by Crippen LogP contribution is -2.13. The molecule has 0 bridgehead atoms. The predicted octanol–water partition coefficient (Wildman–Crippen LogP) is 1.99. The Morgan fingerprint density at radius 2 is 1.50 bits per heavy atom. The van der Waals surface area contributed by atoms with Gasteiger partial charge in [0, 0.05) is 6.61 Å². The number of carbonyl (C=O) groups is 1. The number of rotatable bonds is 10. The number of unbranched alkanes of at least 4 members (excludes halogenated alkanes) is 1. The van der Waals surface area contributed by atoms with Gasteiger partial charge >= 0.3 is 6.16 Å². The maximum absolute atomic E-state index is 10.7. The second-order valence-corrected chi connectivity index (χ2v) is 3.11. The number of hydrogen-bond acceptors (Lipinski definition) is 5. The first-order chi connectivity index (χ1) is 7.81. The van der Waals surface area contributed by atoms with Crippen LogP contribution in [0.5, 0.6) is 0 Å². The van der Waals surface area contributed by atoms with Gasteiger partial charge in [0.05, 0.1) is 26.4 Å². The van der Waals surface area contributed by atoms with Crippen molar-refractivity contribution < 1.29 is 23.7 Å². The Labute approximate surface area is 97.0 Å². The first-order valence-corrected chi connectivity index (χ1v) is 5.76. The van der Waals surface area contributed by atoms with Crippen molar-refractivity contribution in [1.82, 2.24) is 0 Å². The molecule has 0 aliphatic carbocycles. The summed E-state index contributed by atoms with van der Waals surface area (Å²) >= 11 is 0. The molecule has 0 saturated heterocycles. The summed E-state index contributed by atoms with van der Waals surface area (Å²) in [5.41, 5.74) is 0. The lowest BCUT2D eigenvalue weighted by molar-refractivity contribution is 0.00999. The fraction of sp³-hybridized carbons (Fsp3) is 0.909. The highest BCUT2D eigenvalue weighted by Gasteiger charge is 2.00. The van der Waals surface area contributed by atoms with Crippen LogP contribution in [0, 0.1) is 0 Å². The zero-order valence-electron chi connectivity index (χ0n) is 10.2. The Kier molecular flexibility index (Phi) is 11.6. The summed E-state index contributed by atoms with van der Waals surface area (Å²) in [6, 6.07) is 0. The third-order valence-electron chi connectivity index (χ3n) is 1.72. The van der Waals surface area contributed by atoms with Crippen LogP contribution >= 0.6 is 0 Å². The number of ether oxygens (including phenoxy) is 4. The molecule has 0 amide bonds. The van der Waals surface area contributed by atoms with Crippen molar-refractivity contribution >= 4 is 6.16 Å². The summed E-state index contributed by atoms with van der Waals surface area (Å²) in [4.78, 5) is 10.7. The van der Waals surface area contributed by atoms with E-state index in [1.54, 1.807) is 6.92 Å². The van der Waals surface area contributed by atoms with Gasteiger partial charge in [-0.3, -0.25) is 0 Å². The Bertz CT molecular complexity index is 160. The lowest BCUT2D eigenvalue weighted by Gasteiger charge is -2.06. The summed E-state index contributed by atoms with van der Waals surface area (Å²) in [6.45, 7) is 6.64. The third-order valence-corrected chi connectivity index (χ3v) is 1.72. The van der Waals surface area contributed by atoms with Gasteiger partial charge in [-0.05, 0) is 13.3 Å². The standard InChI is InChI=1S/C11H22O5/c1-3-5-6-13-7-8-14-9-10-16-11(12)15-4-2/h3-10H2,1-2H3. The maximum Gasteiger partial charge on any atom is 0.508 e. The highest BCUT2D eigenvalue weighted by Crippen LogP contribution is 1.88. The summed E-state index contributed by atoms with van der Waals surface area (Å²) in [6.07, 6.45) is 1.56. The van der Waals surface area contributed by atoms with Crippen LogP contribution in [-0.4, -0.2) is 45.8 Å². The van der Waals surface area contributed by atoms with E-state index >= 15 is 0 Å². The second kappa shape index (κ2) is 12.3. The van der Waals surface area contributed by atoms with Crippen molar-refractivity contribution in [3.8, 4) is 0 Å². The first-order valence-electron chi connectivity index (χ1n) is 5.76. The van der Waals surface area contributed by atoms with Crippen LogP contribution in [0.15, 0.2) is 0 Å². The van der Waals surface area contributed by atoms with Gasteiger partial charge < -0.3 is 18.9 Å². The Morgan fingerprint density at radius 3 is 2.12 bits per heavy atom. The zero-order chi connectivity index (χ0) is 12.1. The summed E-state index contributed by atoms with van der Waals surface area (Å²) in [5.74, 6) is 0. The van der Waals surface area contributed by atoms with Gasteiger partial charge in [-0.15, -0.1) is 0 Å². The van der Waals surface area contributed by atoms with Crippen molar-refractivity contribution in [3.05, 3.63) is 0 Å². The van der Waals surface area contributed by atoms with E-state index in [0.29, 0.717) is 26.4 Å². The van der Waals surface area contributed by atoms with Crippen LogP contribution in [0.2, 0.25) is 0 Å². The molecule has 0 unspecified atom stereocenters. The Morgan fingerprint density at radius 1 is 0.875 bits per heavy atom. The predicted molar refractivity (Wildman–Crippen MR) is 59.5 cm³/mol. The van der Waals surface area contributed by atoms with Gasteiger partial charge in [0.2, 0.25) is 0 Å². The second-order valence-electron chi connectivity index (χ2n) is 3.11. The molecule has 0 saturated carbocycles. The van der Waals surface area contributed by atoms with Crippen LogP contribution in [0.3, 0.4) is 0 Å². The van der Waals surface area contributed by atoms with Crippen LogP contribution < -0.4 is 0 Å². The molecular formula is C11H22O5. The van der Waals surface area contributed by atoms with Crippen molar-refractivity contribution in [2.24, 2.45) is 0 Å². The molecule has 0 aliphatic heterocycles. The van der Waals surface area contributed by atoms with Gasteiger partial charge in [0.25, 0.3) is 0 Å². The molecule has 0 aromatic rings. The topological polar surface area (TPSA) is 54.0 Å². The van der Waals surface area contributed by atoms with Crippen LogP contribution in [-0.2, 0) is 18.9 Å². The first kappa shape index (κ1) is 15.2. The molecule has 0 rings (SSSR count). The van der Waals surface area contributed by atoms with E-state index in [0.717, 1.165) is 19.4 Å². The highest BCUT2D eigenvalue weighted by molar-refractivity contribution is 5.59. The van der Waals surface area contributed by atoms with Crippen LogP contribution in [0.25, 0.3) is 0 Å².